The third-order valence-corrected chi connectivity index (χ3v) is 6.45. The lowest BCUT2D eigenvalue weighted by Gasteiger charge is -2.41. The second-order valence-corrected chi connectivity index (χ2v) is 8.29. The minimum Gasteiger partial charge on any atom is -0.381 e. The molecule has 5 nitrogen and oxygen atoms in total. The Balaban J connectivity index is 1.59. The fraction of sp³-hybridized carbons (Fsp3) is 0.667. The van der Waals surface area contributed by atoms with Crippen LogP contribution in [0.25, 0.3) is 4.83 Å². The number of aromatic nitrogens is 2. The van der Waals surface area contributed by atoms with Crippen molar-refractivity contribution in [3.8, 4) is 0 Å². The number of rotatable bonds is 2. The molecule has 2 aliphatic rings. The fourth-order valence-electron chi connectivity index (χ4n) is 4.19. The minimum atomic E-state index is -0.0521. The van der Waals surface area contributed by atoms with Crippen LogP contribution in [0.1, 0.15) is 44.1 Å². The Morgan fingerprint density at radius 2 is 2.21 bits per heavy atom. The van der Waals surface area contributed by atoms with Crippen molar-refractivity contribution < 1.29 is 9.53 Å². The normalized spacial score (nSPS) is 26.2. The first-order valence-electron chi connectivity index (χ1n) is 8.88. The summed E-state index contributed by atoms with van der Waals surface area (Å²) < 4.78 is 7.58. The van der Waals surface area contributed by atoms with Gasteiger partial charge in [0, 0.05) is 49.2 Å². The second kappa shape index (κ2) is 6.15. The number of carbonyl (C=O) groups is 1. The molecule has 2 fully saturated rings. The van der Waals surface area contributed by atoms with Gasteiger partial charge < -0.3 is 9.64 Å². The summed E-state index contributed by atoms with van der Waals surface area (Å²) in [6.45, 7) is 7.44. The van der Waals surface area contributed by atoms with Crippen LogP contribution in [0.3, 0.4) is 0 Å². The monoisotopic (exact) mass is 347 g/mol. The van der Waals surface area contributed by atoms with Crippen LogP contribution in [0.15, 0.2) is 11.6 Å². The van der Waals surface area contributed by atoms with Crippen molar-refractivity contribution in [2.24, 2.45) is 5.92 Å². The number of imidazole rings is 1. The van der Waals surface area contributed by atoms with Gasteiger partial charge in [-0.2, -0.15) is 0 Å². The minimum absolute atomic E-state index is 0.0521. The number of fused-ring (bicyclic) bond motifs is 1. The molecule has 1 amide bonds. The van der Waals surface area contributed by atoms with Crippen molar-refractivity contribution in [2.45, 2.75) is 44.9 Å². The molecule has 6 heteroatoms. The molecule has 0 aromatic carbocycles. The highest BCUT2D eigenvalue weighted by atomic mass is 32.1. The summed E-state index contributed by atoms with van der Waals surface area (Å²) in [5, 5.41) is 2.12. The molecule has 0 bridgehead atoms. The van der Waals surface area contributed by atoms with Gasteiger partial charge in [-0.25, -0.2) is 4.98 Å². The lowest BCUT2D eigenvalue weighted by atomic mass is 9.78. The first kappa shape index (κ1) is 16.1. The molecule has 4 heterocycles. The lowest BCUT2D eigenvalue weighted by molar-refractivity contribution is -0.140. The number of likely N-dealkylation sites (tertiary alicyclic amines) is 1. The van der Waals surface area contributed by atoms with Crippen LogP contribution in [-0.2, 0) is 14.9 Å². The fourth-order valence-corrected chi connectivity index (χ4v) is 5.21. The lowest BCUT2D eigenvalue weighted by Crippen LogP contribution is -2.49. The SMILES string of the molecule is Cc1nc([C@]2(C)CCCN(C(=O)C3CCOCC3)C2)c2sccn12. The molecule has 1 atom stereocenters. The second-order valence-electron chi connectivity index (χ2n) is 7.40. The maximum absolute atomic E-state index is 12.9. The molecular formula is C18H25N3O2S. The summed E-state index contributed by atoms with van der Waals surface area (Å²) >= 11 is 1.75. The van der Waals surface area contributed by atoms with E-state index in [0.717, 1.165) is 57.8 Å². The molecule has 0 N–H and O–H groups in total. The van der Waals surface area contributed by atoms with E-state index in [4.69, 9.17) is 9.72 Å². The molecule has 0 aliphatic carbocycles. The van der Waals surface area contributed by atoms with Gasteiger partial charge in [-0.3, -0.25) is 9.20 Å². The van der Waals surface area contributed by atoms with Crippen molar-refractivity contribution in [1.82, 2.24) is 14.3 Å². The third kappa shape index (κ3) is 2.65. The van der Waals surface area contributed by atoms with Crippen molar-refractivity contribution in [3.63, 3.8) is 0 Å². The van der Waals surface area contributed by atoms with E-state index < -0.39 is 0 Å². The molecule has 2 aromatic heterocycles. The molecule has 0 radical (unpaired) electrons. The average molecular weight is 347 g/mol. The molecule has 24 heavy (non-hydrogen) atoms. The van der Waals surface area contributed by atoms with E-state index in [1.165, 1.54) is 10.5 Å². The molecule has 2 aliphatic heterocycles. The van der Waals surface area contributed by atoms with Gasteiger partial charge in [-0.05, 0) is 32.6 Å². The summed E-state index contributed by atoms with van der Waals surface area (Å²) in [6.07, 6.45) is 5.96. The van der Waals surface area contributed by atoms with Crippen molar-refractivity contribution in [3.05, 3.63) is 23.1 Å². The van der Waals surface area contributed by atoms with Crippen LogP contribution in [0.4, 0.5) is 0 Å². The van der Waals surface area contributed by atoms with E-state index in [2.05, 4.69) is 34.7 Å². The molecule has 0 spiro atoms. The highest BCUT2D eigenvalue weighted by Crippen LogP contribution is 2.38. The van der Waals surface area contributed by atoms with Crippen molar-refractivity contribution in [2.75, 3.05) is 26.3 Å². The van der Waals surface area contributed by atoms with E-state index in [-0.39, 0.29) is 11.3 Å². The highest BCUT2D eigenvalue weighted by Gasteiger charge is 2.39. The summed E-state index contributed by atoms with van der Waals surface area (Å²) in [5.74, 6) is 1.50. The summed E-state index contributed by atoms with van der Waals surface area (Å²) in [7, 11) is 0. The Labute approximate surface area is 146 Å². The number of piperidine rings is 1. The predicted octanol–water partition coefficient (Wildman–Crippen LogP) is 3.01. The largest absolute Gasteiger partial charge is 0.381 e. The van der Waals surface area contributed by atoms with Gasteiger partial charge in [-0.1, -0.05) is 6.92 Å². The van der Waals surface area contributed by atoms with Crippen LogP contribution < -0.4 is 0 Å². The number of amides is 1. The Bertz CT molecular complexity index is 747. The Kier molecular flexibility index (Phi) is 4.12. The number of hydrogen-bond acceptors (Lipinski definition) is 4. The third-order valence-electron chi connectivity index (χ3n) is 5.58. The maximum atomic E-state index is 12.9. The van der Waals surface area contributed by atoms with Crippen molar-refractivity contribution in [1.29, 1.82) is 0 Å². The Hall–Kier alpha value is -1.40. The predicted molar refractivity (Wildman–Crippen MR) is 94.5 cm³/mol. The van der Waals surface area contributed by atoms with Crippen LogP contribution in [-0.4, -0.2) is 46.5 Å². The van der Waals surface area contributed by atoms with E-state index in [1.807, 2.05) is 0 Å². The molecule has 0 saturated carbocycles. The van der Waals surface area contributed by atoms with E-state index in [1.54, 1.807) is 11.3 Å². The number of hydrogen-bond donors (Lipinski definition) is 0. The summed E-state index contributed by atoms with van der Waals surface area (Å²) in [5.41, 5.74) is 1.11. The van der Waals surface area contributed by atoms with Gasteiger partial charge in [0.05, 0.1) is 5.69 Å². The first-order valence-corrected chi connectivity index (χ1v) is 9.76. The maximum Gasteiger partial charge on any atom is 0.225 e. The van der Waals surface area contributed by atoms with Crippen LogP contribution in [0.2, 0.25) is 0 Å². The number of thiazole rings is 1. The number of ether oxygens (including phenoxy) is 1. The van der Waals surface area contributed by atoms with Gasteiger partial charge >= 0.3 is 0 Å². The molecular weight excluding hydrogens is 322 g/mol. The van der Waals surface area contributed by atoms with Crippen molar-refractivity contribution >= 4 is 22.1 Å². The Morgan fingerprint density at radius 3 is 3.00 bits per heavy atom. The summed E-state index contributed by atoms with van der Waals surface area (Å²) in [4.78, 5) is 21.1. The summed E-state index contributed by atoms with van der Waals surface area (Å²) in [6, 6.07) is 0. The van der Waals surface area contributed by atoms with Gasteiger partial charge in [-0.15, -0.1) is 11.3 Å². The number of aryl methyl sites for hydroxylation is 1. The Morgan fingerprint density at radius 1 is 1.42 bits per heavy atom. The van der Waals surface area contributed by atoms with Crippen LogP contribution in [0.5, 0.6) is 0 Å². The first-order chi connectivity index (χ1) is 11.6. The zero-order valence-electron chi connectivity index (χ0n) is 14.5. The quantitative estimate of drug-likeness (QED) is 0.839. The number of carbonyl (C=O) groups excluding carboxylic acids is 1. The highest BCUT2D eigenvalue weighted by molar-refractivity contribution is 7.15. The molecule has 2 aromatic rings. The van der Waals surface area contributed by atoms with Gasteiger partial charge in [0.2, 0.25) is 5.91 Å². The average Bonchev–Trinajstić information content (AvgIpc) is 3.19. The van der Waals surface area contributed by atoms with E-state index >= 15 is 0 Å². The number of nitrogens with zero attached hydrogens (tertiary/aromatic N) is 3. The molecule has 130 valence electrons. The van der Waals surface area contributed by atoms with Crippen LogP contribution >= 0.6 is 11.3 Å². The van der Waals surface area contributed by atoms with Gasteiger partial charge in [0.25, 0.3) is 0 Å². The smallest absolute Gasteiger partial charge is 0.225 e. The van der Waals surface area contributed by atoms with E-state index in [0.29, 0.717) is 5.91 Å². The van der Waals surface area contributed by atoms with Crippen LogP contribution in [0, 0.1) is 12.8 Å². The molecule has 2 saturated heterocycles. The molecule has 4 rings (SSSR count). The topological polar surface area (TPSA) is 46.8 Å². The molecule has 0 unspecified atom stereocenters. The zero-order valence-corrected chi connectivity index (χ0v) is 15.3. The van der Waals surface area contributed by atoms with Gasteiger partial charge in [0.1, 0.15) is 10.7 Å². The van der Waals surface area contributed by atoms with E-state index in [9.17, 15) is 4.79 Å². The standard InChI is InChI=1S/C18H25N3O2S/c1-13-19-15(17-21(13)8-11-24-17)18(2)6-3-7-20(12-18)16(22)14-4-9-23-10-5-14/h8,11,14H,3-7,9-10,12H2,1-2H3/t18-/m1/s1. The van der Waals surface area contributed by atoms with Gasteiger partial charge in [0.15, 0.2) is 0 Å². The zero-order chi connectivity index (χ0) is 16.7.